The van der Waals surface area contributed by atoms with Crippen LogP contribution in [0.5, 0.6) is 5.75 Å². The number of rotatable bonds is 5. The lowest BCUT2D eigenvalue weighted by atomic mass is 9.73. The van der Waals surface area contributed by atoms with Crippen molar-refractivity contribution in [3.63, 3.8) is 0 Å². The van der Waals surface area contributed by atoms with Crippen molar-refractivity contribution < 1.29 is 14.3 Å². The summed E-state index contributed by atoms with van der Waals surface area (Å²) in [5.74, 6) is 1.13. The van der Waals surface area contributed by atoms with Crippen LogP contribution in [0, 0.1) is 0 Å². The lowest BCUT2D eigenvalue weighted by molar-refractivity contribution is -0.122. The van der Waals surface area contributed by atoms with E-state index in [4.69, 9.17) is 16.3 Å². The van der Waals surface area contributed by atoms with E-state index >= 15 is 0 Å². The Morgan fingerprint density at radius 2 is 1.88 bits per heavy atom. The highest BCUT2D eigenvalue weighted by atomic mass is 35.5. The minimum absolute atomic E-state index is 0.0960. The van der Waals surface area contributed by atoms with E-state index in [0.717, 1.165) is 61.6 Å². The predicted molar refractivity (Wildman–Crippen MR) is 130 cm³/mol. The third-order valence-corrected chi connectivity index (χ3v) is 7.50. The number of carbonyl (C=O) groups excluding carboxylic acids is 2. The number of ether oxygens (including phenoxy) is 1. The number of carbonyl (C=O) groups is 2. The van der Waals surface area contributed by atoms with Crippen molar-refractivity contribution in [2.75, 3.05) is 36.5 Å². The number of hydrogen-bond donors (Lipinski definition) is 1. The lowest BCUT2D eigenvalue weighted by Gasteiger charge is -2.38. The van der Waals surface area contributed by atoms with E-state index in [0.29, 0.717) is 18.1 Å². The zero-order valence-corrected chi connectivity index (χ0v) is 20.0. The smallest absolute Gasteiger partial charge is 0.235 e. The zero-order chi connectivity index (χ0) is 23.2. The van der Waals surface area contributed by atoms with Crippen LogP contribution in [-0.4, -0.2) is 49.0 Å². The van der Waals surface area contributed by atoms with E-state index in [1.54, 1.807) is 0 Å². The topological polar surface area (TPSA) is 61.9 Å². The van der Waals surface area contributed by atoms with Gasteiger partial charge in [-0.3, -0.25) is 14.5 Å². The Balaban J connectivity index is 1.17. The molecule has 2 aromatic rings. The molecule has 1 spiro atoms. The predicted octanol–water partition coefficient (Wildman–Crippen LogP) is 4.39. The molecule has 1 saturated heterocycles. The number of anilines is 2. The number of nitrogens with zero attached hydrogens (tertiary/aromatic N) is 2. The van der Waals surface area contributed by atoms with Gasteiger partial charge in [0.25, 0.3) is 0 Å². The van der Waals surface area contributed by atoms with Gasteiger partial charge in [0.1, 0.15) is 12.4 Å². The Bertz CT molecular complexity index is 1090. The number of aryl methyl sites for hydroxylation is 1. The average Bonchev–Trinajstić information content (AvgIpc) is 3.05. The Morgan fingerprint density at radius 1 is 1.09 bits per heavy atom. The maximum atomic E-state index is 12.8. The molecule has 0 saturated carbocycles. The first-order chi connectivity index (χ1) is 15.9. The summed E-state index contributed by atoms with van der Waals surface area (Å²) in [5.41, 5.74) is 3.65. The van der Waals surface area contributed by atoms with Crippen LogP contribution in [0.25, 0.3) is 0 Å². The van der Waals surface area contributed by atoms with Gasteiger partial charge in [0.05, 0.1) is 5.41 Å². The molecule has 2 aromatic carbocycles. The standard InChI is InChI=1S/C26H30ClN3O3/c1-17(2)30-23-7-5-20(15-18(23)3-8-24(30)31)33-14-13-29-11-9-26(10-12-29)21-16-19(27)4-6-22(21)28-25(26)32/h4-7,15-17H,3,8-14H2,1-2H3,(H,28,32). The van der Waals surface area contributed by atoms with Gasteiger partial charge < -0.3 is 15.0 Å². The number of hydrogen-bond acceptors (Lipinski definition) is 4. The number of benzene rings is 2. The van der Waals surface area contributed by atoms with E-state index in [-0.39, 0.29) is 17.9 Å². The van der Waals surface area contributed by atoms with Gasteiger partial charge in [-0.25, -0.2) is 0 Å². The number of nitrogens with one attached hydrogen (secondary N) is 1. The van der Waals surface area contributed by atoms with Crippen LogP contribution >= 0.6 is 11.6 Å². The van der Waals surface area contributed by atoms with Crippen LogP contribution in [0.3, 0.4) is 0 Å². The van der Waals surface area contributed by atoms with Crippen LogP contribution in [0.4, 0.5) is 11.4 Å². The van der Waals surface area contributed by atoms with Gasteiger partial charge in [0, 0.05) is 35.4 Å². The van der Waals surface area contributed by atoms with E-state index in [1.165, 1.54) is 5.56 Å². The van der Waals surface area contributed by atoms with E-state index in [1.807, 2.05) is 49.1 Å². The van der Waals surface area contributed by atoms with Crippen molar-refractivity contribution in [3.05, 3.63) is 52.5 Å². The average molecular weight is 468 g/mol. The Kier molecular flexibility index (Phi) is 5.83. The number of fused-ring (bicyclic) bond motifs is 3. The third-order valence-electron chi connectivity index (χ3n) is 7.27. The van der Waals surface area contributed by atoms with Crippen molar-refractivity contribution >= 4 is 34.8 Å². The van der Waals surface area contributed by atoms with Crippen molar-refractivity contribution in [1.82, 2.24) is 4.90 Å². The van der Waals surface area contributed by atoms with Gasteiger partial charge in [-0.05, 0) is 93.7 Å². The molecule has 7 heteroatoms. The van der Waals surface area contributed by atoms with E-state index < -0.39 is 5.41 Å². The van der Waals surface area contributed by atoms with Gasteiger partial charge in [-0.15, -0.1) is 0 Å². The molecule has 6 nitrogen and oxygen atoms in total. The fourth-order valence-electron chi connectivity index (χ4n) is 5.48. The van der Waals surface area contributed by atoms with Crippen LogP contribution in [-0.2, 0) is 21.4 Å². The van der Waals surface area contributed by atoms with Crippen molar-refractivity contribution in [1.29, 1.82) is 0 Å². The van der Waals surface area contributed by atoms with Gasteiger partial charge in [0.15, 0.2) is 0 Å². The summed E-state index contributed by atoms with van der Waals surface area (Å²) in [6, 6.07) is 11.9. The second-order valence-corrected chi connectivity index (χ2v) is 10.0. The molecule has 0 atom stereocenters. The second-order valence-electron chi connectivity index (χ2n) is 9.56. The minimum atomic E-state index is -0.462. The highest BCUT2D eigenvalue weighted by Gasteiger charge is 2.48. The van der Waals surface area contributed by atoms with Crippen LogP contribution in [0.2, 0.25) is 5.02 Å². The first kappa shape index (κ1) is 22.2. The number of amides is 2. The van der Waals surface area contributed by atoms with Gasteiger partial charge in [-0.2, -0.15) is 0 Å². The van der Waals surface area contributed by atoms with E-state index in [2.05, 4.69) is 16.3 Å². The van der Waals surface area contributed by atoms with Gasteiger partial charge >= 0.3 is 0 Å². The molecule has 2 amide bonds. The molecule has 3 aliphatic rings. The molecular formula is C26H30ClN3O3. The summed E-state index contributed by atoms with van der Waals surface area (Å²) in [4.78, 5) is 29.3. The molecule has 33 heavy (non-hydrogen) atoms. The largest absolute Gasteiger partial charge is 0.492 e. The number of halogens is 1. The lowest BCUT2D eigenvalue weighted by Crippen LogP contribution is -2.47. The van der Waals surface area contributed by atoms with E-state index in [9.17, 15) is 9.59 Å². The zero-order valence-electron chi connectivity index (χ0n) is 19.2. The number of piperidine rings is 1. The van der Waals surface area contributed by atoms with Gasteiger partial charge in [-0.1, -0.05) is 11.6 Å². The summed E-state index contributed by atoms with van der Waals surface area (Å²) < 4.78 is 6.07. The number of likely N-dealkylation sites (tertiary alicyclic amines) is 1. The SMILES string of the molecule is CC(C)N1C(=O)CCc2cc(OCCN3CCC4(CC3)C(=O)Nc3ccc(Cl)cc34)ccc21. The molecule has 174 valence electrons. The Labute approximate surface area is 199 Å². The molecule has 0 aromatic heterocycles. The van der Waals surface area contributed by atoms with Crippen LogP contribution in [0.1, 0.15) is 44.2 Å². The molecule has 0 unspecified atom stereocenters. The maximum Gasteiger partial charge on any atom is 0.235 e. The molecule has 5 rings (SSSR count). The molecular weight excluding hydrogens is 438 g/mol. The second kappa shape index (κ2) is 8.65. The monoisotopic (exact) mass is 467 g/mol. The molecule has 0 bridgehead atoms. The van der Waals surface area contributed by atoms with Crippen molar-refractivity contribution in [2.45, 2.75) is 51.0 Å². The summed E-state index contributed by atoms with van der Waals surface area (Å²) in [6.07, 6.45) is 2.87. The first-order valence-corrected chi connectivity index (χ1v) is 12.2. The molecule has 0 radical (unpaired) electrons. The first-order valence-electron chi connectivity index (χ1n) is 11.8. The summed E-state index contributed by atoms with van der Waals surface area (Å²) in [6.45, 7) is 7.18. The molecule has 3 heterocycles. The van der Waals surface area contributed by atoms with Crippen LogP contribution < -0.4 is 15.0 Å². The maximum absolute atomic E-state index is 12.8. The Morgan fingerprint density at radius 3 is 2.64 bits per heavy atom. The fourth-order valence-corrected chi connectivity index (χ4v) is 5.65. The normalized spacial score (nSPS) is 19.6. The Hall–Kier alpha value is -2.57. The van der Waals surface area contributed by atoms with Gasteiger partial charge in [0.2, 0.25) is 11.8 Å². The molecule has 3 aliphatic heterocycles. The molecule has 0 aliphatic carbocycles. The third kappa shape index (κ3) is 4.00. The quantitative estimate of drug-likeness (QED) is 0.708. The molecule has 1 fully saturated rings. The highest BCUT2D eigenvalue weighted by Crippen LogP contribution is 2.45. The van der Waals surface area contributed by atoms with Crippen LogP contribution in [0.15, 0.2) is 36.4 Å². The highest BCUT2D eigenvalue weighted by molar-refractivity contribution is 6.31. The summed E-state index contributed by atoms with van der Waals surface area (Å²) in [5, 5.41) is 3.71. The minimum Gasteiger partial charge on any atom is -0.492 e. The molecule has 1 N–H and O–H groups in total. The summed E-state index contributed by atoms with van der Waals surface area (Å²) in [7, 11) is 0. The van der Waals surface area contributed by atoms with Crippen molar-refractivity contribution in [2.24, 2.45) is 0 Å². The van der Waals surface area contributed by atoms with Crippen molar-refractivity contribution in [3.8, 4) is 5.75 Å². The summed E-state index contributed by atoms with van der Waals surface area (Å²) >= 11 is 6.22. The fraction of sp³-hybridized carbons (Fsp3) is 0.462.